The summed E-state index contributed by atoms with van der Waals surface area (Å²) in [4.78, 5) is 13.7. The third-order valence-electron chi connectivity index (χ3n) is 2.81. The summed E-state index contributed by atoms with van der Waals surface area (Å²) < 4.78 is 10.7. The lowest BCUT2D eigenvalue weighted by Gasteiger charge is -2.27. The molecule has 0 aromatic rings. The summed E-state index contributed by atoms with van der Waals surface area (Å²) in [5.74, 6) is 0. The van der Waals surface area contributed by atoms with Crippen molar-refractivity contribution in [1.29, 1.82) is 0 Å². The zero-order valence-electron chi connectivity index (χ0n) is 10.9. The standard InChI is InChI=1S/C12H23NO3/c1-6-9-7-10(15-5)8-13(9)11(14)16-12(2,3)4/h9-10H,6-8H2,1-5H3/t9-,10-/m1/s1. The van der Waals surface area contributed by atoms with Crippen molar-refractivity contribution < 1.29 is 14.3 Å². The van der Waals surface area contributed by atoms with Crippen LogP contribution in [0.15, 0.2) is 0 Å². The van der Waals surface area contributed by atoms with Gasteiger partial charge in [0.15, 0.2) is 0 Å². The van der Waals surface area contributed by atoms with E-state index in [0.717, 1.165) is 12.8 Å². The van der Waals surface area contributed by atoms with Crippen LogP contribution in [0, 0.1) is 0 Å². The van der Waals surface area contributed by atoms with Crippen molar-refractivity contribution >= 4 is 6.09 Å². The van der Waals surface area contributed by atoms with Crippen LogP contribution in [0.2, 0.25) is 0 Å². The molecule has 1 aliphatic rings. The van der Waals surface area contributed by atoms with Crippen molar-refractivity contribution in [2.45, 2.75) is 58.3 Å². The number of nitrogens with zero attached hydrogens (tertiary/aromatic N) is 1. The van der Waals surface area contributed by atoms with E-state index >= 15 is 0 Å². The van der Waals surface area contributed by atoms with Gasteiger partial charge in [0, 0.05) is 13.2 Å². The summed E-state index contributed by atoms with van der Waals surface area (Å²) in [5, 5.41) is 0. The third-order valence-corrected chi connectivity index (χ3v) is 2.81. The Hall–Kier alpha value is -0.770. The van der Waals surface area contributed by atoms with Crippen molar-refractivity contribution in [3.05, 3.63) is 0 Å². The van der Waals surface area contributed by atoms with Crippen LogP contribution in [-0.4, -0.2) is 42.4 Å². The number of methoxy groups -OCH3 is 1. The van der Waals surface area contributed by atoms with Gasteiger partial charge < -0.3 is 14.4 Å². The first kappa shape index (κ1) is 13.3. The first-order valence-corrected chi connectivity index (χ1v) is 5.89. The molecule has 1 saturated heterocycles. The molecule has 4 nitrogen and oxygen atoms in total. The molecule has 1 aliphatic heterocycles. The number of carbonyl (C=O) groups is 1. The van der Waals surface area contributed by atoms with E-state index in [0.29, 0.717) is 6.54 Å². The smallest absolute Gasteiger partial charge is 0.410 e. The number of hydrogen-bond donors (Lipinski definition) is 0. The molecule has 1 heterocycles. The van der Waals surface area contributed by atoms with Crippen molar-refractivity contribution in [2.75, 3.05) is 13.7 Å². The molecule has 0 aliphatic carbocycles. The third kappa shape index (κ3) is 3.37. The molecular formula is C12H23NO3. The monoisotopic (exact) mass is 229 g/mol. The zero-order valence-corrected chi connectivity index (χ0v) is 10.9. The molecular weight excluding hydrogens is 206 g/mol. The van der Waals surface area contributed by atoms with Crippen molar-refractivity contribution in [2.24, 2.45) is 0 Å². The van der Waals surface area contributed by atoms with E-state index in [4.69, 9.17) is 9.47 Å². The first-order chi connectivity index (χ1) is 7.37. The van der Waals surface area contributed by atoms with E-state index < -0.39 is 5.60 Å². The number of ether oxygens (including phenoxy) is 2. The van der Waals surface area contributed by atoms with Gasteiger partial charge in [-0.05, 0) is 33.6 Å². The Morgan fingerprint density at radius 1 is 1.44 bits per heavy atom. The van der Waals surface area contributed by atoms with E-state index in [1.807, 2.05) is 20.8 Å². The Morgan fingerprint density at radius 3 is 2.50 bits per heavy atom. The van der Waals surface area contributed by atoms with E-state index in [2.05, 4.69) is 6.92 Å². The van der Waals surface area contributed by atoms with E-state index in [9.17, 15) is 4.79 Å². The number of rotatable bonds is 2. The van der Waals surface area contributed by atoms with Crippen LogP contribution in [0.3, 0.4) is 0 Å². The maximum absolute atomic E-state index is 11.9. The fourth-order valence-corrected chi connectivity index (χ4v) is 1.98. The summed E-state index contributed by atoms with van der Waals surface area (Å²) in [7, 11) is 1.69. The second-order valence-corrected chi connectivity index (χ2v) is 5.29. The first-order valence-electron chi connectivity index (χ1n) is 5.89. The van der Waals surface area contributed by atoms with E-state index in [1.54, 1.807) is 12.0 Å². The van der Waals surface area contributed by atoms with Gasteiger partial charge in [0.2, 0.25) is 0 Å². The minimum absolute atomic E-state index is 0.150. The highest BCUT2D eigenvalue weighted by molar-refractivity contribution is 5.69. The van der Waals surface area contributed by atoms with Crippen molar-refractivity contribution in [1.82, 2.24) is 4.90 Å². The van der Waals surface area contributed by atoms with E-state index in [1.165, 1.54) is 0 Å². The summed E-state index contributed by atoms with van der Waals surface area (Å²) in [5.41, 5.74) is -0.430. The average molecular weight is 229 g/mol. The molecule has 2 atom stereocenters. The minimum atomic E-state index is -0.430. The Morgan fingerprint density at radius 2 is 2.06 bits per heavy atom. The van der Waals surface area contributed by atoms with Gasteiger partial charge in [0.25, 0.3) is 0 Å². The Bertz CT molecular complexity index is 247. The van der Waals surface area contributed by atoms with Crippen LogP contribution in [0.5, 0.6) is 0 Å². The Balaban J connectivity index is 2.61. The number of carbonyl (C=O) groups excluding carboxylic acids is 1. The predicted molar refractivity (Wildman–Crippen MR) is 62.4 cm³/mol. The van der Waals surface area contributed by atoms with Crippen LogP contribution in [0.4, 0.5) is 4.79 Å². The van der Waals surface area contributed by atoms with Crippen LogP contribution in [-0.2, 0) is 9.47 Å². The molecule has 16 heavy (non-hydrogen) atoms. The molecule has 0 spiro atoms. The summed E-state index contributed by atoms with van der Waals surface area (Å²) in [6.07, 6.45) is 1.78. The molecule has 0 radical (unpaired) electrons. The lowest BCUT2D eigenvalue weighted by Crippen LogP contribution is -2.40. The van der Waals surface area contributed by atoms with Crippen LogP contribution in [0.1, 0.15) is 40.5 Å². The molecule has 1 fully saturated rings. The molecule has 1 amide bonds. The number of likely N-dealkylation sites (tertiary alicyclic amines) is 1. The van der Waals surface area contributed by atoms with Gasteiger partial charge in [-0.15, -0.1) is 0 Å². The molecule has 0 saturated carbocycles. The quantitative estimate of drug-likeness (QED) is 0.730. The maximum atomic E-state index is 11.9. The van der Waals surface area contributed by atoms with Crippen molar-refractivity contribution in [3.8, 4) is 0 Å². The molecule has 1 rings (SSSR count). The fourth-order valence-electron chi connectivity index (χ4n) is 1.98. The lowest BCUT2D eigenvalue weighted by molar-refractivity contribution is 0.0194. The zero-order chi connectivity index (χ0) is 12.3. The Kier molecular flexibility index (Phi) is 4.19. The highest BCUT2D eigenvalue weighted by Crippen LogP contribution is 2.24. The number of hydrogen-bond acceptors (Lipinski definition) is 3. The van der Waals surface area contributed by atoms with Gasteiger partial charge >= 0.3 is 6.09 Å². The summed E-state index contributed by atoms with van der Waals surface area (Å²) in [6, 6.07) is 0.250. The van der Waals surface area contributed by atoms with Gasteiger partial charge in [-0.1, -0.05) is 6.92 Å². The number of amides is 1. The molecule has 0 aromatic heterocycles. The topological polar surface area (TPSA) is 38.8 Å². The van der Waals surface area contributed by atoms with Crippen LogP contribution >= 0.6 is 0 Å². The average Bonchev–Trinajstić information content (AvgIpc) is 2.58. The van der Waals surface area contributed by atoms with Gasteiger partial charge in [-0.2, -0.15) is 0 Å². The molecule has 4 heteroatoms. The van der Waals surface area contributed by atoms with Gasteiger partial charge in [0.1, 0.15) is 5.60 Å². The van der Waals surface area contributed by atoms with Crippen LogP contribution < -0.4 is 0 Å². The highest BCUT2D eigenvalue weighted by atomic mass is 16.6. The molecule has 0 aromatic carbocycles. The SMILES string of the molecule is CC[C@@H]1C[C@@H](OC)CN1C(=O)OC(C)(C)C. The molecule has 0 bridgehead atoms. The summed E-state index contributed by atoms with van der Waals surface area (Å²) >= 11 is 0. The maximum Gasteiger partial charge on any atom is 0.410 e. The fraction of sp³-hybridized carbons (Fsp3) is 0.917. The highest BCUT2D eigenvalue weighted by Gasteiger charge is 2.36. The van der Waals surface area contributed by atoms with Crippen LogP contribution in [0.25, 0.3) is 0 Å². The second kappa shape index (κ2) is 5.04. The molecule has 0 unspecified atom stereocenters. The summed E-state index contributed by atoms with van der Waals surface area (Å²) in [6.45, 7) is 8.38. The Labute approximate surface area is 97.9 Å². The van der Waals surface area contributed by atoms with Gasteiger partial charge in [0.05, 0.1) is 12.6 Å². The minimum Gasteiger partial charge on any atom is -0.444 e. The lowest BCUT2D eigenvalue weighted by atomic mass is 10.1. The van der Waals surface area contributed by atoms with Gasteiger partial charge in [-0.3, -0.25) is 0 Å². The van der Waals surface area contributed by atoms with E-state index in [-0.39, 0.29) is 18.2 Å². The van der Waals surface area contributed by atoms with Crippen molar-refractivity contribution in [3.63, 3.8) is 0 Å². The second-order valence-electron chi connectivity index (χ2n) is 5.29. The molecule has 0 N–H and O–H groups in total. The molecule has 94 valence electrons. The normalized spacial score (nSPS) is 25.9. The predicted octanol–water partition coefficient (Wildman–Crippen LogP) is 2.42. The largest absolute Gasteiger partial charge is 0.444 e. The van der Waals surface area contributed by atoms with Gasteiger partial charge in [-0.25, -0.2) is 4.79 Å².